The van der Waals surface area contributed by atoms with Crippen molar-refractivity contribution in [3.05, 3.63) is 36.8 Å². The Kier molecular flexibility index (Phi) is 6.77. The summed E-state index contributed by atoms with van der Waals surface area (Å²) in [5.41, 5.74) is 0. The van der Waals surface area contributed by atoms with Gasteiger partial charge in [0.1, 0.15) is 0 Å². The van der Waals surface area contributed by atoms with E-state index < -0.39 is 0 Å². The van der Waals surface area contributed by atoms with Crippen LogP contribution in [0.2, 0.25) is 0 Å². The topological polar surface area (TPSA) is 55.4 Å². The molecule has 0 aliphatic carbocycles. The maximum atomic E-state index is 10.0. The molecule has 0 aromatic carbocycles. The van der Waals surface area contributed by atoms with Crippen molar-refractivity contribution in [2.75, 3.05) is 0 Å². The second-order valence-electron chi connectivity index (χ2n) is 2.26. The molecule has 1 rings (SSSR count). The van der Waals surface area contributed by atoms with Gasteiger partial charge in [0.2, 0.25) is 0 Å². The van der Waals surface area contributed by atoms with Crippen LogP contribution in [0.25, 0.3) is 0 Å². The van der Waals surface area contributed by atoms with Gasteiger partial charge >= 0.3 is 0 Å². The smallest absolute Gasteiger partial charge is 0.250 e. The second kappa shape index (κ2) is 7.79. The number of ether oxygens (including phenoxy) is 1. The van der Waals surface area contributed by atoms with Gasteiger partial charge in [0.15, 0.2) is 0 Å². The number of carbonyl (C=O) groups is 2. The molecule has 0 atom stereocenters. The lowest BCUT2D eigenvalue weighted by Crippen LogP contribution is -2.19. The van der Waals surface area contributed by atoms with E-state index in [4.69, 9.17) is 4.74 Å². The zero-order valence-corrected chi connectivity index (χ0v) is 8.19. The van der Waals surface area contributed by atoms with Crippen LogP contribution in [0.3, 0.4) is 0 Å². The monoisotopic (exact) mass is 195 g/mol. The first kappa shape index (κ1) is 12.2. The second-order valence-corrected chi connectivity index (χ2v) is 2.26. The Balaban J connectivity index is 0.000000241. The normalized spacial score (nSPS) is 14.4. The van der Waals surface area contributed by atoms with Crippen molar-refractivity contribution >= 4 is 11.8 Å². The third-order valence-electron chi connectivity index (χ3n) is 1.06. The van der Waals surface area contributed by atoms with Crippen LogP contribution in [0.5, 0.6) is 0 Å². The van der Waals surface area contributed by atoms with Crippen LogP contribution in [-0.4, -0.2) is 11.8 Å². The molecule has 0 bridgehead atoms. The Bertz CT molecular complexity index is 251. The van der Waals surface area contributed by atoms with E-state index in [1.54, 1.807) is 12.5 Å². The first-order chi connectivity index (χ1) is 6.70. The molecule has 1 N–H and O–H groups in total. The summed E-state index contributed by atoms with van der Waals surface area (Å²) in [6, 6.07) is 0. The largest absolute Gasteiger partial charge is 0.473 e. The molecule has 1 heterocycles. The highest BCUT2D eigenvalue weighted by Crippen LogP contribution is 1.82. The SMILES string of the molecule is CC=COC=CC.O=C1C=CC(=O)N1. The van der Waals surface area contributed by atoms with Crippen molar-refractivity contribution in [3.8, 4) is 0 Å². The number of amides is 2. The van der Waals surface area contributed by atoms with Gasteiger partial charge in [-0.1, -0.05) is 12.2 Å². The Morgan fingerprint density at radius 2 is 1.50 bits per heavy atom. The summed E-state index contributed by atoms with van der Waals surface area (Å²) in [4.78, 5) is 20.1. The number of hydrogen-bond acceptors (Lipinski definition) is 3. The van der Waals surface area contributed by atoms with E-state index in [9.17, 15) is 9.59 Å². The van der Waals surface area contributed by atoms with Gasteiger partial charge in [-0.25, -0.2) is 0 Å². The molecule has 0 aromatic rings. The lowest BCUT2D eigenvalue weighted by Gasteiger charge is -1.82. The lowest BCUT2D eigenvalue weighted by molar-refractivity contribution is -0.123. The highest BCUT2D eigenvalue weighted by molar-refractivity contribution is 6.12. The van der Waals surface area contributed by atoms with Gasteiger partial charge in [0.05, 0.1) is 12.5 Å². The third kappa shape index (κ3) is 6.84. The Hall–Kier alpha value is -1.84. The van der Waals surface area contributed by atoms with Gasteiger partial charge in [-0.3, -0.25) is 14.9 Å². The van der Waals surface area contributed by atoms with Crippen LogP contribution >= 0.6 is 0 Å². The zero-order chi connectivity index (χ0) is 10.8. The standard InChI is InChI=1S/C6H10O.C4H3NO2/c1-3-5-7-6-4-2;6-3-1-2-4(7)5-3/h3-6H,1-2H3;1-2H,(H,5,6,7). The van der Waals surface area contributed by atoms with Crippen molar-refractivity contribution in [1.29, 1.82) is 0 Å². The maximum absolute atomic E-state index is 10.0. The summed E-state index contributed by atoms with van der Waals surface area (Å²) in [5.74, 6) is -0.657. The minimum Gasteiger partial charge on any atom is -0.473 e. The Morgan fingerprint density at radius 3 is 1.71 bits per heavy atom. The number of rotatable bonds is 2. The number of allylic oxidation sites excluding steroid dienone is 2. The third-order valence-corrected chi connectivity index (χ3v) is 1.06. The Labute approximate surface area is 82.9 Å². The molecule has 14 heavy (non-hydrogen) atoms. The van der Waals surface area contributed by atoms with Crippen LogP contribution in [0, 0.1) is 0 Å². The van der Waals surface area contributed by atoms with Gasteiger partial charge in [-0.15, -0.1) is 0 Å². The van der Waals surface area contributed by atoms with E-state index in [1.165, 1.54) is 12.2 Å². The molecule has 1 aliphatic heterocycles. The molecular formula is C10H13NO3. The zero-order valence-electron chi connectivity index (χ0n) is 8.19. The predicted octanol–water partition coefficient (Wildman–Crippen LogP) is 1.27. The fourth-order valence-corrected chi connectivity index (χ4v) is 0.559. The molecule has 0 spiro atoms. The summed E-state index contributed by atoms with van der Waals surface area (Å²) in [7, 11) is 0. The molecular weight excluding hydrogens is 182 g/mol. The summed E-state index contributed by atoms with van der Waals surface area (Å²) in [6.07, 6.45) is 9.31. The van der Waals surface area contributed by atoms with Crippen LogP contribution in [0.4, 0.5) is 0 Å². The molecule has 76 valence electrons. The lowest BCUT2D eigenvalue weighted by atomic mass is 10.6. The van der Waals surface area contributed by atoms with Crippen molar-refractivity contribution in [1.82, 2.24) is 5.32 Å². The molecule has 4 heteroatoms. The fraction of sp³-hybridized carbons (Fsp3) is 0.200. The van der Waals surface area contributed by atoms with Gasteiger partial charge in [-0.05, 0) is 13.8 Å². The average Bonchev–Trinajstić information content (AvgIpc) is 2.52. The molecule has 0 fully saturated rings. The quantitative estimate of drug-likeness (QED) is 0.533. The van der Waals surface area contributed by atoms with E-state index in [0.29, 0.717) is 0 Å². The average molecular weight is 195 g/mol. The van der Waals surface area contributed by atoms with Crippen molar-refractivity contribution in [2.24, 2.45) is 0 Å². The van der Waals surface area contributed by atoms with Crippen molar-refractivity contribution in [2.45, 2.75) is 13.8 Å². The molecule has 1 aliphatic rings. The van der Waals surface area contributed by atoms with Gasteiger partial charge in [0, 0.05) is 12.2 Å². The Morgan fingerprint density at radius 1 is 1.07 bits per heavy atom. The van der Waals surface area contributed by atoms with Crippen molar-refractivity contribution in [3.63, 3.8) is 0 Å². The summed E-state index contributed by atoms with van der Waals surface area (Å²) in [6.45, 7) is 3.81. The summed E-state index contributed by atoms with van der Waals surface area (Å²) in [5, 5.41) is 2.03. The highest BCUT2D eigenvalue weighted by Gasteiger charge is 2.06. The van der Waals surface area contributed by atoms with Crippen LogP contribution in [0.1, 0.15) is 13.8 Å². The van der Waals surface area contributed by atoms with E-state index in [-0.39, 0.29) is 11.8 Å². The highest BCUT2D eigenvalue weighted by atomic mass is 16.5. The summed E-state index contributed by atoms with van der Waals surface area (Å²) < 4.78 is 4.77. The first-order valence-corrected chi connectivity index (χ1v) is 4.11. The number of imide groups is 1. The molecule has 2 amide bonds. The maximum Gasteiger partial charge on any atom is 0.250 e. The number of carbonyl (C=O) groups excluding carboxylic acids is 2. The van der Waals surface area contributed by atoms with E-state index in [1.807, 2.05) is 31.3 Å². The molecule has 0 saturated heterocycles. The number of nitrogens with one attached hydrogen (secondary N) is 1. The van der Waals surface area contributed by atoms with Crippen LogP contribution in [0.15, 0.2) is 36.8 Å². The van der Waals surface area contributed by atoms with Crippen molar-refractivity contribution < 1.29 is 14.3 Å². The molecule has 0 saturated carbocycles. The van der Waals surface area contributed by atoms with Crippen LogP contribution in [-0.2, 0) is 14.3 Å². The van der Waals surface area contributed by atoms with Crippen LogP contribution < -0.4 is 5.32 Å². The first-order valence-electron chi connectivity index (χ1n) is 4.11. The van der Waals surface area contributed by atoms with E-state index in [2.05, 4.69) is 0 Å². The van der Waals surface area contributed by atoms with Gasteiger partial charge < -0.3 is 4.74 Å². The van der Waals surface area contributed by atoms with Gasteiger partial charge in [0.25, 0.3) is 11.8 Å². The van der Waals surface area contributed by atoms with E-state index in [0.717, 1.165) is 0 Å². The molecule has 0 aromatic heterocycles. The fourth-order valence-electron chi connectivity index (χ4n) is 0.559. The molecule has 0 radical (unpaired) electrons. The summed E-state index contributed by atoms with van der Waals surface area (Å²) >= 11 is 0. The molecule has 4 nitrogen and oxygen atoms in total. The minimum atomic E-state index is -0.329. The predicted molar refractivity (Wildman–Crippen MR) is 53.0 cm³/mol. The van der Waals surface area contributed by atoms with E-state index >= 15 is 0 Å². The minimum absolute atomic E-state index is 0.329. The molecule has 0 unspecified atom stereocenters. The van der Waals surface area contributed by atoms with Gasteiger partial charge in [-0.2, -0.15) is 0 Å². The number of hydrogen-bond donors (Lipinski definition) is 1.